The molecule has 7 rings (SSSR count). The highest BCUT2D eigenvalue weighted by atomic mass is 16.2. The summed E-state index contributed by atoms with van der Waals surface area (Å²) in [6.07, 6.45) is 7.33. The molecule has 0 atom stereocenters. The van der Waals surface area contributed by atoms with Gasteiger partial charge in [0.1, 0.15) is 5.82 Å². The Kier molecular flexibility index (Phi) is 7.03. The largest absolute Gasteiger partial charge is 0.365 e. The number of carbonyl (C=O) groups excluding carboxylic acids is 1. The van der Waals surface area contributed by atoms with Crippen molar-refractivity contribution in [2.45, 2.75) is 57.7 Å². The maximum absolute atomic E-state index is 12.2. The minimum atomic E-state index is 0.00952. The number of nitrogens with zero attached hydrogens (tertiary/aromatic N) is 6. The fraction of sp³-hybridized carbons (Fsp3) is 0.485. The van der Waals surface area contributed by atoms with E-state index >= 15 is 0 Å². The van der Waals surface area contributed by atoms with Gasteiger partial charge in [0.25, 0.3) is 0 Å². The van der Waals surface area contributed by atoms with Gasteiger partial charge in [-0.05, 0) is 62.1 Å². The molecule has 0 radical (unpaired) electrons. The molecule has 1 N–H and O–H groups in total. The summed E-state index contributed by atoms with van der Waals surface area (Å²) in [4.78, 5) is 32.0. The lowest BCUT2D eigenvalue weighted by Crippen LogP contribution is -2.49. The molecule has 1 aromatic heterocycles. The number of nitrogens with one attached hydrogen (secondary N) is 1. The lowest BCUT2D eigenvalue weighted by Gasteiger charge is -2.38. The topological polar surface area (TPSA) is 67.8 Å². The van der Waals surface area contributed by atoms with Crippen LogP contribution >= 0.6 is 0 Å². The molecule has 4 aliphatic rings. The van der Waals surface area contributed by atoms with Gasteiger partial charge in [-0.15, -0.1) is 0 Å². The number of anilines is 3. The van der Waals surface area contributed by atoms with Gasteiger partial charge in [-0.25, -0.2) is 4.98 Å². The van der Waals surface area contributed by atoms with Crippen molar-refractivity contribution < 1.29 is 4.79 Å². The number of hydrogen-bond donors (Lipinski definition) is 1. The highest BCUT2D eigenvalue weighted by molar-refractivity contribution is 5.95. The highest BCUT2D eigenvalue weighted by Crippen LogP contribution is 2.35. The molecule has 2 aromatic carbocycles. The molecular formula is C33H41N7O. The van der Waals surface area contributed by atoms with E-state index in [1.807, 2.05) is 4.90 Å². The van der Waals surface area contributed by atoms with Gasteiger partial charge in [-0.3, -0.25) is 4.79 Å². The van der Waals surface area contributed by atoms with Gasteiger partial charge in [0.05, 0.1) is 12.2 Å². The zero-order chi connectivity index (χ0) is 27.9. The summed E-state index contributed by atoms with van der Waals surface area (Å²) in [6.45, 7) is 12.8. The number of carbonyl (C=O) groups is 1. The Balaban J connectivity index is 1.18. The third-order valence-electron chi connectivity index (χ3n) is 9.36. The number of piperazine rings is 1. The molecule has 0 unspecified atom stereocenters. The summed E-state index contributed by atoms with van der Waals surface area (Å²) in [5, 5.41) is 6.32. The summed E-state index contributed by atoms with van der Waals surface area (Å²) < 4.78 is 0. The standard InChI is InChI=1S/C33H41N7O/c1-3-31(41)38-16-18-39(19-17-38)32-28-12-15-40(30-21-23(2)20-24-6-4-5-7-27(24)30)22-29(28)35-33(36-32)34-25-10-13-37(14-11-25)26-8-9-26/h3-7,20-21,25-26H,1,8-19,22H2,2H3,(H,34,35,36). The van der Waals surface area contributed by atoms with E-state index in [1.54, 1.807) is 0 Å². The second-order valence-electron chi connectivity index (χ2n) is 12.2. The number of hydrogen-bond acceptors (Lipinski definition) is 7. The molecule has 1 saturated carbocycles. The molecule has 3 aliphatic heterocycles. The van der Waals surface area contributed by atoms with Crippen molar-refractivity contribution in [2.24, 2.45) is 0 Å². The van der Waals surface area contributed by atoms with Crippen LogP contribution in [0.3, 0.4) is 0 Å². The second kappa shape index (κ2) is 11.0. The third-order valence-corrected chi connectivity index (χ3v) is 9.36. The zero-order valence-electron chi connectivity index (χ0n) is 24.2. The van der Waals surface area contributed by atoms with Gasteiger partial charge in [-0.2, -0.15) is 4.98 Å². The van der Waals surface area contributed by atoms with Crippen molar-refractivity contribution in [3.8, 4) is 0 Å². The molecule has 4 heterocycles. The van der Waals surface area contributed by atoms with Crippen molar-refractivity contribution >= 4 is 34.1 Å². The fourth-order valence-corrected chi connectivity index (χ4v) is 6.94. The highest BCUT2D eigenvalue weighted by Gasteiger charge is 2.33. The number of rotatable bonds is 6. The quantitative estimate of drug-likeness (QED) is 0.456. The number of amides is 1. The molecule has 8 nitrogen and oxygen atoms in total. The van der Waals surface area contributed by atoms with Gasteiger partial charge in [0, 0.05) is 74.5 Å². The molecule has 2 saturated heterocycles. The van der Waals surface area contributed by atoms with Gasteiger partial charge in [0.2, 0.25) is 11.9 Å². The van der Waals surface area contributed by atoms with Crippen LogP contribution in [-0.2, 0) is 17.8 Å². The van der Waals surface area contributed by atoms with Crippen LogP contribution in [0.4, 0.5) is 17.5 Å². The maximum atomic E-state index is 12.2. The lowest BCUT2D eigenvalue weighted by atomic mass is 10.0. The molecule has 1 amide bonds. The second-order valence-corrected chi connectivity index (χ2v) is 12.2. The maximum Gasteiger partial charge on any atom is 0.246 e. The molecule has 41 heavy (non-hydrogen) atoms. The molecule has 0 spiro atoms. The first-order chi connectivity index (χ1) is 20.1. The van der Waals surface area contributed by atoms with Crippen LogP contribution in [0.15, 0.2) is 49.1 Å². The number of fused-ring (bicyclic) bond motifs is 2. The summed E-state index contributed by atoms with van der Waals surface area (Å²) in [5.74, 6) is 1.81. The number of aromatic nitrogens is 2. The van der Waals surface area contributed by atoms with Crippen LogP contribution < -0.4 is 15.1 Å². The molecule has 214 valence electrons. The number of benzene rings is 2. The SMILES string of the molecule is C=CC(=O)N1CCN(c2nc(NC3CCN(C4CC4)CC3)nc3c2CCN(c2cc(C)cc4ccccc24)C3)CC1. The molecule has 1 aliphatic carbocycles. The third kappa shape index (κ3) is 5.37. The monoisotopic (exact) mass is 551 g/mol. The van der Waals surface area contributed by atoms with E-state index in [4.69, 9.17) is 9.97 Å². The van der Waals surface area contributed by atoms with E-state index in [0.717, 1.165) is 82.0 Å². The summed E-state index contributed by atoms with van der Waals surface area (Å²) in [6, 6.07) is 14.5. The fourth-order valence-electron chi connectivity index (χ4n) is 6.94. The van der Waals surface area contributed by atoms with Crippen LogP contribution in [-0.4, -0.2) is 83.6 Å². The minimum Gasteiger partial charge on any atom is -0.365 e. The Morgan fingerprint density at radius 1 is 0.951 bits per heavy atom. The van der Waals surface area contributed by atoms with Crippen molar-refractivity contribution in [3.63, 3.8) is 0 Å². The number of likely N-dealkylation sites (tertiary alicyclic amines) is 1. The predicted molar refractivity (Wildman–Crippen MR) is 166 cm³/mol. The number of aryl methyl sites for hydroxylation is 1. The van der Waals surface area contributed by atoms with Crippen LogP contribution in [0.2, 0.25) is 0 Å². The summed E-state index contributed by atoms with van der Waals surface area (Å²) in [5.41, 5.74) is 4.94. The van der Waals surface area contributed by atoms with E-state index in [9.17, 15) is 4.79 Å². The van der Waals surface area contributed by atoms with E-state index in [0.29, 0.717) is 19.1 Å². The Labute approximate surface area is 243 Å². The lowest BCUT2D eigenvalue weighted by molar-refractivity contribution is -0.126. The first-order valence-corrected chi connectivity index (χ1v) is 15.4. The van der Waals surface area contributed by atoms with Gasteiger partial charge in [-0.1, -0.05) is 36.9 Å². The Morgan fingerprint density at radius 2 is 1.73 bits per heavy atom. The average molecular weight is 552 g/mol. The number of piperidine rings is 1. The average Bonchev–Trinajstić information content (AvgIpc) is 3.86. The Bertz CT molecular complexity index is 1450. The Hall–Kier alpha value is -3.65. The first kappa shape index (κ1) is 26.3. The van der Waals surface area contributed by atoms with E-state index < -0.39 is 0 Å². The van der Waals surface area contributed by atoms with Gasteiger partial charge < -0.3 is 24.9 Å². The summed E-state index contributed by atoms with van der Waals surface area (Å²) in [7, 11) is 0. The van der Waals surface area contributed by atoms with E-state index in [-0.39, 0.29) is 5.91 Å². The van der Waals surface area contributed by atoms with E-state index in [1.165, 1.54) is 46.5 Å². The van der Waals surface area contributed by atoms with Crippen LogP contribution in [0, 0.1) is 6.92 Å². The molecule has 8 heteroatoms. The summed E-state index contributed by atoms with van der Waals surface area (Å²) >= 11 is 0. The van der Waals surface area contributed by atoms with E-state index in [2.05, 4.69) is 69.9 Å². The van der Waals surface area contributed by atoms with Crippen LogP contribution in [0.1, 0.15) is 42.5 Å². The minimum absolute atomic E-state index is 0.00952. The molecule has 3 fully saturated rings. The normalized spacial score (nSPS) is 20.3. The first-order valence-electron chi connectivity index (χ1n) is 15.4. The Morgan fingerprint density at radius 3 is 2.49 bits per heavy atom. The van der Waals surface area contributed by atoms with Crippen molar-refractivity contribution in [1.29, 1.82) is 0 Å². The predicted octanol–water partition coefficient (Wildman–Crippen LogP) is 4.37. The van der Waals surface area contributed by atoms with Gasteiger partial charge >= 0.3 is 0 Å². The van der Waals surface area contributed by atoms with Crippen molar-refractivity contribution in [2.75, 3.05) is 60.9 Å². The van der Waals surface area contributed by atoms with Crippen LogP contribution in [0.5, 0.6) is 0 Å². The van der Waals surface area contributed by atoms with Crippen molar-refractivity contribution in [1.82, 2.24) is 19.8 Å². The van der Waals surface area contributed by atoms with Gasteiger partial charge in [0.15, 0.2) is 0 Å². The zero-order valence-corrected chi connectivity index (χ0v) is 24.2. The molecular weight excluding hydrogens is 510 g/mol. The molecule has 3 aromatic rings. The van der Waals surface area contributed by atoms with Crippen LogP contribution in [0.25, 0.3) is 10.8 Å². The molecule has 0 bridgehead atoms. The smallest absolute Gasteiger partial charge is 0.246 e. The van der Waals surface area contributed by atoms with Crippen molar-refractivity contribution in [3.05, 3.63) is 65.9 Å².